The molecule has 3 aliphatic rings. The summed E-state index contributed by atoms with van der Waals surface area (Å²) < 4.78 is 0. The fourth-order valence-corrected chi connectivity index (χ4v) is 9.93. The normalized spacial score (nSPS) is 14.5. The molecule has 1 nitrogen and oxygen atoms in total. The van der Waals surface area contributed by atoms with Gasteiger partial charge in [-0.3, -0.25) is 0 Å². The van der Waals surface area contributed by atoms with Crippen LogP contribution in [0.1, 0.15) is 47.2 Å². The fourth-order valence-electron chi connectivity index (χ4n) is 9.93. The van der Waals surface area contributed by atoms with Crippen molar-refractivity contribution < 1.29 is 0 Å². The molecule has 0 fully saturated rings. The Balaban J connectivity index is 1.06. The van der Waals surface area contributed by atoms with Gasteiger partial charge in [0.1, 0.15) is 0 Å². The van der Waals surface area contributed by atoms with Gasteiger partial charge in [0.2, 0.25) is 0 Å². The van der Waals surface area contributed by atoms with Crippen LogP contribution in [-0.4, -0.2) is 0 Å². The summed E-state index contributed by atoms with van der Waals surface area (Å²) in [5.74, 6) is 0. The third-order valence-corrected chi connectivity index (χ3v) is 12.3. The van der Waals surface area contributed by atoms with Crippen LogP contribution in [0.3, 0.4) is 0 Å². The number of fused-ring (bicyclic) bond motifs is 13. The Morgan fingerprint density at radius 2 is 0.717 bits per heavy atom. The van der Waals surface area contributed by atoms with Gasteiger partial charge >= 0.3 is 0 Å². The summed E-state index contributed by atoms with van der Waals surface area (Å²) >= 11 is 0. The second-order valence-electron chi connectivity index (χ2n) is 15.3. The number of nitrogens with zero attached hydrogens (tertiary/aromatic N) is 1. The second-order valence-corrected chi connectivity index (χ2v) is 15.3. The summed E-state index contributed by atoms with van der Waals surface area (Å²) in [6, 6.07) is 70.0. The predicted octanol–water partition coefficient (Wildman–Crippen LogP) is 13.5. The first-order valence-electron chi connectivity index (χ1n) is 18.7. The lowest BCUT2D eigenvalue weighted by Gasteiger charge is -2.32. The zero-order chi connectivity index (χ0) is 35.3. The molecule has 0 atom stereocenters. The van der Waals surface area contributed by atoms with E-state index in [2.05, 4.69) is 207 Å². The van der Waals surface area contributed by atoms with Crippen LogP contribution in [0.2, 0.25) is 0 Å². The van der Waals surface area contributed by atoms with Crippen molar-refractivity contribution >= 4 is 17.1 Å². The quantitative estimate of drug-likeness (QED) is 0.179. The lowest BCUT2D eigenvalue weighted by Crippen LogP contribution is -2.26. The van der Waals surface area contributed by atoms with Crippen LogP contribution in [-0.2, 0) is 10.8 Å². The van der Waals surface area contributed by atoms with E-state index in [-0.39, 0.29) is 10.8 Å². The molecule has 3 aliphatic carbocycles. The van der Waals surface area contributed by atoms with Crippen LogP contribution in [0.4, 0.5) is 17.1 Å². The van der Waals surface area contributed by atoms with Gasteiger partial charge in [-0.05, 0) is 120 Å². The van der Waals surface area contributed by atoms with Crippen LogP contribution in [0.25, 0.3) is 44.5 Å². The molecule has 0 radical (unpaired) electrons. The van der Waals surface area contributed by atoms with Crippen molar-refractivity contribution in [1.29, 1.82) is 0 Å². The minimum Gasteiger partial charge on any atom is -0.310 e. The molecule has 0 aliphatic heterocycles. The maximum absolute atomic E-state index is 2.47. The van der Waals surface area contributed by atoms with Crippen molar-refractivity contribution in [2.45, 2.75) is 24.7 Å². The summed E-state index contributed by atoms with van der Waals surface area (Å²) in [7, 11) is 0. The predicted molar refractivity (Wildman–Crippen MR) is 220 cm³/mol. The number of benzene rings is 8. The lowest BCUT2D eigenvalue weighted by atomic mass is 9.70. The first kappa shape index (κ1) is 30.2. The number of para-hydroxylation sites is 1. The fraction of sp³-hybridized carbons (Fsp3) is 0.0769. The molecular formula is C52H37N. The third-order valence-electron chi connectivity index (χ3n) is 12.3. The van der Waals surface area contributed by atoms with Gasteiger partial charge in [0.25, 0.3) is 0 Å². The Labute approximate surface area is 311 Å². The maximum atomic E-state index is 2.47. The van der Waals surface area contributed by atoms with Crippen LogP contribution in [0.5, 0.6) is 0 Å². The van der Waals surface area contributed by atoms with E-state index < -0.39 is 0 Å². The van der Waals surface area contributed by atoms with Crippen molar-refractivity contribution in [1.82, 2.24) is 0 Å². The van der Waals surface area contributed by atoms with Gasteiger partial charge in [0.05, 0.1) is 5.41 Å². The SMILES string of the molecule is CC1(C)c2ccccc2-c2ccc(-c3ccc(N(c4ccccc4)c4ccc5c(c4)C4(c6ccccc6-c6ccccc64)c4ccccc4-5)cc3)cc21. The first-order chi connectivity index (χ1) is 26.0. The number of hydrogen-bond acceptors (Lipinski definition) is 1. The number of hydrogen-bond donors (Lipinski definition) is 0. The highest BCUT2D eigenvalue weighted by molar-refractivity contribution is 5.96. The minimum atomic E-state index is -0.387. The monoisotopic (exact) mass is 675 g/mol. The number of rotatable bonds is 4. The molecule has 250 valence electrons. The Hall–Kier alpha value is -6.44. The molecule has 0 saturated carbocycles. The maximum Gasteiger partial charge on any atom is 0.0726 e. The van der Waals surface area contributed by atoms with Gasteiger partial charge in [-0.25, -0.2) is 0 Å². The average Bonchev–Trinajstić information content (AvgIpc) is 3.77. The lowest BCUT2D eigenvalue weighted by molar-refractivity contribution is 0.660. The molecule has 53 heavy (non-hydrogen) atoms. The van der Waals surface area contributed by atoms with Gasteiger partial charge in [-0.15, -0.1) is 0 Å². The van der Waals surface area contributed by atoms with E-state index in [0.717, 1.165) is 17.1 Å². The van der Waals surface area contributed by atoms with Gasteiger partial charge in [-0.2, -0.15) is 0 Å². The molecule has 1 heteroatoms. The Bertz CT molecular complexity index is 2690. The summed E-state index contributed by atoms with van der Waals surface area (Å²) in [6.07, 6.45) is 0. The van der Waals surface area contributed by atoms with Crippen LogP contribution < -0.4 is 4.90 Å². The van der Waals surface area contributed by atoms with Gasteiger partial charge in [-0.1, -0.05) is 159 Å². The van der Waals surface area contributed by atoms with Crippen molar-refractivity contribution in [3.63, 3.8) is 0 Å². The molecule has 0 amide bonds. The highest BCUT2D eigenvalue weighted by Crippen LogP contribution is 2.63. The van der Waals surface area contributed by atoms with Crippen molar-refractivity contribution in [2.24, 2.45) is 0 Å². The van der Waals surface area contributed by atoms with Crippen LogP contribution in [0.15, 0.2) is 188 Å². The largest absolute Gasteiger partial charge is 0.310 e. The van der Waals surface area contributed by atoms with E-state index in [1.807, 2.05) is 0 Å². The molecular weight excluding hydrogens is 639 g/mol. The molecule has 0 saturated heterocycles. The molecule has 0 bridgehead atoms. The van der Waals surface area contributed by atoms with Gasteiger partial charge < -0.3 is 4.90 Å². The molecule has 8 aromatic rings. The zero-order valence-electron chi connectivity index (χ0n) is 29.8. The van der Waals surface area contributed by atoms with Gasteiger partial charge in [0.15, 0.2) is 0 Å². The highest BCUT2D eigenvalue weighted by Gasteiger charge is 2.51. The summed E-state index contributed by atoms with van der Waals surface area (Å²) in [5, 5.41) is 0. The molecule has 11 rings (SSSR count). The molecule has 0 heterocycles. The third kappa shape index (κ3) is 4.08. The Morgan fingerprint density at radius 3 is 1.32 bits per heavy atom. The molecule has 1 spiro atoms. The second kappa shape index (κ2) is 11.0. The van der Waals surface area contributed by atoms with Crippen molar-refractivity contribution in [2.75, 3.05) is 4.90 Å². The summed E-state index contributed by atoms with van der Waals surface area (Å²) in [4.78, 5) is 2.41. The van der Waals surface area contributed by atoms with Crippen molar-refractivity contribution in [3.8, 4) is 44.5 Å². The van der Waals surface area contributed by atoms with E-state index in [1.165, 1.54) is 77.9 Å². The standard InChI is InChI=1S/C52H37N/c1-51(2)45-20-10-6-16-39(45)43-30-26-35(32-49(43)51)34-24-27-37(28-25-34)53(36-14-4-3-5-15-36)38-29-31-44-42-19-9-13-23-48(42)52(50(44)33-38)46-21-11-7-17-40(46)41-18-8-12-22-47(41)52/h3-33H,1-2H3. The molecule has 0 unspecified atom stereocenters. The Kier molecular flexibility index (Phi) is 6.29. The highest BCUT2D eigenvalue weighted by atomic mass is 15.1. The van der Waals surface area contributed by atoms with Gasteiger partial charge in [0, 0.05) is 22.5 Å². The number of anilines is 3. The first-order valence-corrected chi connectivity index (χ1v) is 18.7. The zero-order valence-corrected chi connectivity index (χ0v) is 29.8. The average molecular weight is 676 g/mol. The Morgan fingerprint density at radius 1 is 0.302 bits per heavy atom. The molecule has 0 aromatic heterocycles. The van der Waals surface area contributed by atoms with E-state index in [0.29, 0.717) is 0 Å². The van der Waals surface area contributed by atoms with Crippen molar-refractivity contribution in [3.05, 3.63) is 221 Å². The summed E-state index contributed by atoms with van der Waals surface area (Å²) in [5.41, 5.74) is 21.7. The van der Waals surface area contributed by atoms with E-state index >= 15 is 0 Å². The van der Waals surface area contributed by atoms with E-state index in [1.54, 1.807) is 0 Å². The van der Waals surface area contributed by atoms with Crippen LogP contribution >= 0.6 is 0 Å². The smallest absolute Gasteiger partial charge is 0.0726 e. The van der Waals surface area contributed by atoms with E-state index in [9.17, 15) is 0 Å². The van der Waals surface area contributed by atoms with Crippen LogP contribution in [0, 0.1) is 0 Å². The molecule has 8 aromatic carbocycles. The topological polar surface area (TPSA) is 3.24 Å². The minimum absolute atomic E-state index is 0.0308. The van der Waals surface area contributed by atoms with E-state index in [4.69, 9.17) is 0 Å². The summed E-state index contributed by atoms with van der Waals surface area (Å²) in [6.45, 7) is 4.70. The molecule has 0 N–H and O–H groups in total.